The highest BCUT2D eigenvalue weighted by atomic mass is 16.5. The van der Waals surface area contributed by atoms with E-state index < -0.39 is 0 Å². The average Bonchev–Trinajstić information content (AvgIpc) is 3.26. The van der Waals surface area contributed by atoms with Crippen LogP contribution in [-0.2, 0) is 9.53 Å². The second kappa shape index (κ2) is 7.72. The lowest BCUT2D eigenvalue weighted by Crippen LogP contribution is -2.56. The fraction of sp³-hybridized carbons (Fsp3) is 0.619. The van der Waals surface area contributed by atoms with Crippen molar-refractivity contribution in [2.75, 3.05) is 53.6 Å². The molecule has 1 N–H and O–H groups in total. The second-order valence-corrected chi connectivity index (χ2v) is 8.13. The number of carbonyl (C=O) groups is 2. The van der Waals surface area contributed by atoms with Crippen molar-refractivity contribution < 1.29 is 19.1 Å². The summed E-state index contributed by atoms with van der Waals surface area (Å²) < 4.78 is 10.4. The van der Waals surface area contributed by atoms with Gasteiger partial charge in [-0.2, -0.15) is 0 Å². The summed E-state index contributed by atoms with van der Waals surface area (Å²) in [5.74, 6) is 1.37. The van der Waals surface area contributed by atoms with Gasteiger partial charge in [0.05, 0.1) is 19.6 Å². The van der Waals surface area contributed by atoms with Crippen molar-refractivity contribution in [3.63, 3.8) is 0 Å². The van der Waals surface area contributed by atoms with Crippen molar-refractivity contribution >= 4 is 11.8 Å². The molecule has 3 heterocycles. The Balaban J connectivity index is 1.40. The summed E-state index contributed by atoms with van der Waals surface area (Å²) in [6, 6.07) is 7.24. The van der Waals surface area contributed by atoms with E-state index in [4.69, 9.17) is 9.47 Å². The first kappa shape index (κ1) is 19.2. The Kier molecular flexibility index (Phi) is 5.29. The molecular formula is C21H29N3O4. The standard InChI is InChI=1S/C21H29N3O4/c1-27-12-11-23-13-17-18(14-23)21(22-19(17)25)7-9-24(10-8-21)20(26)15-3-5-16(28-2)6-4-15/h3-6,17-18H,7-14H2,1-2H3,(H,22,25)/t17-,18+/m0/s1. The third-order valence-corrected chi connectivity index (χ3v) is 6.71. The Morgan fingerprint density at radius 2 is 1.89 bits per heavy atom. The summed E-state index contributed by atoms with van der Waals surface area (Å²) in [7, 11) is 3.32. The lowest BCUT2D eigenvalue weighted by Gasteiger charge is -2.42. The van der Waals surface area contributed by atoms with Crippen LogP contribution in [0.5, 0.6) is 5.75 Å². The molecule has 1 spiro atoms. The van der Waals surface area contributed by atoms with Crippen LogP contribution in [0.15, 0.2) is 24.3 Å². The van der Waals surface area contributed by atoms with E-state index >= 15 is 0 Å². The monoisotopic (exact) mass is 387 g/mol. The first-order valence-corrected chi connectivity index (χ1v) is 10.0. The summed E-state index contributed by atoms with van der Waals surface area (Å²) in [5, 5.41) is 3.31. The van der Waals surface area contributed by atoms with Crippen LogP contribution in [0.2, 0.25) is 0 Å². The Morgan fingerprint density at radius 3 is 2.54 bits per heavy atom. The second-order valence-electron chi connectivity index (χ2n) is 8.13. The van der Waals surface area contributed by atoms with Crippen LogP contribution in [0, 0.1) is 11.8 Å². The van der Waals surface area contributed by atoms with Crippen LogP contribution in [0.4, 0.5) is 0 Å². The van der Waals surface area contributed by atoms with Gasteiger partial charge in [0.25, 0.3) is 5.91 Å². The number of piperidine rings is 1. The Hall–Kier alpha value is -2.12. The molecule has 3 aliphatic heterocycles. The maximum Gasteiger partial charge on any atom is 0.253 e. The molecule has 4 rings (SSSR count). The van der Waals surface area contributed by atoms with Gasteiger partial charge in [0.15, 0.2) is 0 Å². The molecule has 3 saturated heterocycles. The van der Waals surface area contributed by atoms with Crippen LogP contribution in [0.3, 0.4) is 0 Å². The van der Waals surface area contributed by atoms with Gasteiger partial charge < -0.3 is 19.7 Å². The van der Waals surface area contributed by atoms with Crippen molar-refractivity contribution in [3.05, 3.63) is 29.8 Å². The number of carbonyl (C=O) groups excluding carboxylic acids is 2. The van der Waals surface area contributed by atoms with E-state index in [1.54, 1.807) is 14.2 Å². The fourth-order valence-corrected chi connectivity index (χ4v) is 5.07. The molecule has 0 radical (unpaired) electrons. The molecule has 0 bridgehead atoms. The number of amides is 2. The maximum atomic E-state index is 12.8. The number of nitrogens with zero attached hydrogens (tertiary/aromatic N) is 2. The Bertz CT molecular complexity index is 728. The summed E-state index contributed by atoms with van der Waals surface area (Å²) in [6.45, 7) is 4.65. The van der Waals surface area contributed by atoms with Crippen molar-refractivity contribution in [2.45, 2.75) is 18.4 Å². The van der Waals surface area contributed by atoms with E-state index in [2.05, 4.69) is 10.2 Å². The lowest BCUT2D eigenvalue weighted by molar-refractivity contribution is -0.123. The predicted octanol–water partition coefficient (Wildman–Crippen LogP) is 0.994. The van der Waals surface area contributed by atoms with Gasteiger partial charge in [0.1, 0.15) is 5.75 Å². The van der Waals surface area contributed by atoms with Gasteiger partial charge in [-0.15, -0.1) is 0 Å². The Morgan fingerprint density at radius 1 is 1.18 bits per heavy atom. The van der Waals surface area contributed by atoms with Gasteiger partial charge >= 0.3 is 0 Å². The number of likely N-dealkylation sites (tertiary alicyclic amines) is 2. The van der Waals surface area contributed by atoms with E-state index in [0.29, 0.717) is 31.2 Å². The highest BCUT2D eigenvalue weighted by Gasteiger charge is 2.57. The highest BCUT2D eigenvalue weighted by molar-refractivity contribution is 5.94. The number of rotatable bonds is 5. The number of ether oxygens (including phenoxy) is 2. The van der Waals surface area contributed by atoms with E-state index in [9.17, 15) is 9.59 Å². The molecule has 0 saturated carbocycles. The van der Waals surface area contributed by atoms with Gasteiger partial charge in [0, 0.05) is 56.9 Å². The van der Waals surface area contributed by atoms with Gasteiger partial charge in [-0.05, 0) is 37.1 Å². The van der Waals surface area contributed by atoms with Crippen LogP contribution in [0.1, 0.15) is 23.2 Å². The molecule has 152 valence electrons. The molecule has 1 aromatic rings. The lowest BCUT2D eigenvalue weighted by atomic mass is 9.75. The molecule has 7 heteroatoms. The van der Waals surface area contributed by atoms with E-state index in [0.717, 1.165) is 38.2 Å². The summed E-state index contributed by atoms with van der Waals surface area (Å²) in [6.07, 6.45) is 1.64. The SMILES string of the molecule is COCCN1C[C@@H]2C(=O)NC3(CCN(C(=O)c4ccc(OC)cc4)CC3)[C@@H]2C1. The molecular weight excluding hydrogens is 358 g/mol. The van der Waals surface area contributed by atoms with Crippen LogP contribution in [0.25, 0.3) is 0 Å². The number of hydrogen-bond donors (Lipinski definition) is 1. The van der Waals surface area contributed by atoms with Crippen LogP contribution < -0.4 is 10.1 Å². The van der Waals surface area contributed by atoms with E-state index in [1.165, 1.54) is 0 Å². The number of nitrogens with one attached hydrogen (secondary N) is 1. The zero-order valence-corrected chi connectivity index (χ0v) is 16.6. The molecule has 0 aromatic heterocycles. The Labute approximate surface area is 166 Å². The third kappa shape index (κ3) is 3.37. The first-order chi connectivity index (χ1) is 13.6. The molecule has 0 aliphatic carbocycles. The van der Waals surface area contributed by atoms with Gasteiger partial charge in [-0.25, -0.2) is 0 Å². The first-order valence-electron chi connectivity index (χ1n) is 10.0. The summed E-state index contributed by atoms with van der Waals surface area (Å²) in [5.41, 5.74) is 0.511. The molecule has 3 fully saturated rings. The van der Waals surface area contributed by atoms with Crippen LogP contribution in [-0.4, -0.2) is 80.7 Å². The van der Waals surface area contributed by atoms with Crippen LogP contribution >= 0.6 is 0 Å². The van der Waals surface area contributed by atoms with Crippen molar-refractivity contribution in [1.82, 2.24) is 15.1 Å². The van der Waals surface area contributed by atoms with E-state index in [-0.39, 0.29) is 23.3 Å². The van der Waals surface area contributed by atoms with Gasteiger partial charge in [-0.3, -0.25) is 14.5 Å². The molecule has 3 aliphatic rings. The molecule has 28 heavy (non-hydrogen) atoms. The third-order valence-electron chi connectivity index (χ3n) is 6.71. The quantitative estimate of drug-likeness (QED) is 0.816. The minimum absolute atomic E-state index is 0.0477. The zero-order chi connectivity index (χ0) is 19.7. The van der Waals surface area contributed by atoms with Crippen molar-refractivity contribution in [1.29, 1.82) is 0 Å². The van der Waals surface area contributed by atoms with Gasteiger partial charge in [-0.1, -0.05) is 0 Å². The number of fused-ring (bicyclic) bond motifs is 2. The zero-order valence-electron chi connectivity index (χ0n) is 16.6. The average molecular weight is 387 g/mol. The van der Waals surface area contributed by atoms with Crippen molar-refractivity contribution in [3.8, 4) is 5.75 Å². The van der Waals surface area contributed by atoms with Crippen molar-refractivity contribution in [2.24, 2.45) is 11.8 Å². The van der Waals surface area contributed by atoms with E-state index in [1.807, 2.05) is 29.2 Å². The number of methoxy groups -OCH3 is 2. The van der Waals surface area contributed by atoms with Gasteiger partial charge in [0.2, 0.25) is 5.91 Å². The minimum Gasteiger partial charge on any atom is -0.497 e. The summed E-state index contributed by atoms with van der Waals surface area (Å²) >= 11 is 0. The number of hydrogen-bond acceptors (Lipinski definition) is 5. The number of benzene rings is 1. The molecule has 2 amide bonds. The maximum absolute atomic E-state index is 12.8. The fourth-order valence-electron chi connectivity index (χ4n) is 5.07. The topological polar surface area (TPSA) is 71.1 Å². The minimum atomic E-state index is -0.166. The smallest absolute Gasteiger partial charge is 0.253 e. The summed E-state index contributed by atoms with van der Waals surface area (Å²) in [4.78, 5) is 29.7. The molecule has 0 unspecified atom stereocenters. The largest absolute Gasteiger partial charge is 0.497 e. The predicted molar refractivity (Wildman–Crippen MR) is 104 cm³/mol. The molecule has 2 atom stereocenters. The highest BCUT2D eigenvalue weighted by Crippen LogP contribution is 2.44. The molecule has 7 nitrogen and oxygen atoms in total. The normalized spacial score (nSPS) is 26.4. The molecule has 1 aromatic carbocycles.